The number of Topliss-reactive ketones (excluding diaryl/α,β-unsaturated/α-hetero) is 1. The topological polar surface area (TPSA) is 57.6 Å². The third-order valence-corrected chi connectivity index (χ3v) is 5.66. The van der Waals surface area contributed by atoms with E-state index in [2.05, 4.69) is 15.9 Å². The summed E-state index contributed by atoms with van der Waals surface area (Å²) in [6, 6.07) is 9.16. The monoisotopic (exact) mass is 415 g/mol. The van der Waals surface area contributed by atoms with Gasteiger partial charge in [-0.15, -0.1) is 0 Å². The van der Waals surface area contributed by atoms with Crippen molar-refractivity contribution in [1.29, 1.82) is 0 Å². The molecule has 3 rings (SSSR count). The first-order valence-electron chi connectivity index (χ1n) is 8.64. The first-order chi connectivity index (χ1) is 12.2. The molecule has 0 bridgehead atoms. The number of halogens is 1. The number of carbonyl (C=O) groups excluding carboxylic acids is 2. The molecular weight excluding hydrogens is 394 g/mol. The summed E-state index contributed by atoms with van der Waals surface area (Å²) >= 11 is 3.39. The predicted molar refractivity (Wildman–Crippen MR) is 106 cm³/mol. The van der Waals surface area contributed by atoms with Crippen molar-refractivity contribution in [2.24, 2.45) is 0 Å². The first kappa shape index (κ1) is 18.8. The molecule has 4 nitrogen and oxygen atoms in total. The second-order valence-corrected chi connectivity index (χ2v) is 7.84. The number of carbonyl (C=O) groups is 2. The number of anilines is 1. The fourth-order valence-electron chi connectivity index (χ4n) is 3.60. The molecule has 1 aliphatic heterocycles. The molecule has 0 aliphatic carbocycles. The Bertz CT molecular complexity index is 922. The molecule has 0 aromatic heterocycles. The van der Waals surface area contributed by atoms with Gasteiger partial charge in [0.15, 0.2) is 11.4 Å². The molecular formula is C21H22BrNO3. The van der Waals surface area contributed by atoms with Crippen LogP contribution in [0.4, 0.5) is 5.69 Å². The quantitative estimate of drug-likeness (QED) is 0.761. The van der Waals surface area contributed by atoms with Gasteiger partial charge in [-0.05, 0) is 68.7 Å². The van der Waals surface area contributed by atoms with E-state index in [4.69, 9.17) is 0 Å². The average molecular weight is 416 g/mol. The van der Waals surface area contributed by atoms with Crippen molar-refractivity contribution < 1.29 is 14.7 Å². The minimum Gasteiger partial charge on any atom is -0.375 e. The summed E-state index contributed by atoms with van der Waals surface area (Å²) in [5, 5.41) is 11.3. The molecule has 1 aliphatic rings. The maximum absolute atomic E-state index is 13.0. The van der Waals surface area contributed by atoms with E-state index < -0.39 is 11.5 Å². The highest BCUT2D eigenvalue weighted by molar-refractivity contribution is 9.10. The highest BCUT2D eigenvalue weighted by Gasteiger charge is 2.50. The van der Waals surface area contributed by atoms with Crippen LogP contribution in [-0.4, -0.2) is 23.3 Å². The van der Waals surface area contributed by atoms with Gasteiger partial charge in [0.1, 0.15) is 0 Å². The number of aryl methyl sites for hydroxylation is 3. The van der Waals surface area contributed by atoms with Crippen LogP contribution in [-0.2, 0) is 10.4 Å². The molecule has 136 valence electrons. The van der Waals surface area contributed by atoms with Crippen LogP contribution in [0, 0.1) is 20.8 Å². The third-order valence-electron chi connectivity index (χ3n) is 5.17. The number of ketones is 1. The SMILES string of the molecule is CCN1C(=O)C(O)(CC(=O)c2cc(C)c(C)cc2C)c2cc(Br)ccc21. The van der Waals surface area contributed by atoms with Crippen molar-refractivity contribution in [3.8, 4) is 0 Å². The Labute approximate surface area is 162 Å². The first-order valence-corrected chi connectivity index (χ1v) is 9.43. The lowest BCUT2D eigenvalue weighted by atomic mass is 9.86. The molecule has 1 N–H and O–H groups in total. The van der Waals surface area contributed by atoms with Crippen molar-refractivity contribution in [1.82, 2.24) is 0 Å². The fraction of sp³-hybridized carbons (Fsp3) is 0.333. The maximum Gasteiger partial charge on any atom is 0.264 e. The molecule has 5 heteroatoms. The molecule has 0 spiro atoms. The van der Waals surface area contributed by atoms with E-state index in [0.717, 1.165) is 21.2 Å². The number of hydrogen-bond donors (Lipinski definition) is 1. The standard InChI is InChI=1S/C21H22BrNO3/c1-5-23-18-7-6-15(22)10-17(18)21(26,20(23)25)11-19(24)16-9-13(3)12(2)8-14(16)4/h6-10,26H,5,11H2,1-4H3. The second kappa shape index (κ2) is 6.63. The minimum atomic E-state index is -1.84. The molecule has 1 amide bonds. The van der Waals surface area contributed by atoms with Crippen molar-refractivity contribution in [2.75, 3.05) is 11.4 Å². The Balaban J connectivity index is 2.04. The van der Waals surface area contributed by atoms with Gasteiger partial charge < -0.3 is 10.0 Å². The predicted octanol–water partition coefficient (Wildman–Crippen LogP) is 4.20. The molecule has 0 radical (unpaired) electrons. The van der Waals surface area contributed by atoms with Gasteiger partial charge in [-0.25, -0.2) is 0 Å². The summed E-state index contributed by atoms with van der Waals surface area (Å²) in [5.41, 5.74) is 2.84. The Kier molecular flexibility index (Phi) is 4.80. The molecule has 1 heterocycles. The molecule has 2 aromatic carbocycles. The number of nitrogens with zero attached hydrogens (tertiary/aromatic N) is 1. The van der Waals surface area contributed by atoms with Crippen molar-refractivity contribution in [3.63, 3.8) is 0 Å². The largest absolute Gasteiger partial charge is 0.375 e. The lowest BCUT2D eigenvalue weighted by Crippen LogP contribution is -2.41. The maximum atomic E-state index is 13.0. The number of rotatable bonds is 4. The Morgan fingerprint density at radius 3 is 2.42 bits per heavy atom. The number of aliphatic hydroxyl groups is 1. The van der Waals surface area contributed by atoms with Gasteiger partial charge in [0, 0.05) is 22.1 Å². The molecule has 1 atom stereocenters. The van der Waals surface area contributed by atoms with Crippen molar-refractivity contribution in [2.45, 2.75) is 39.7 Å². The van der Waals surface area contributed by atoms with Crippen LogP contribution < -0.4 is 4.90 Å². The summed E-state index contributed by atoms with van der Waals surface area (Å²) in [6.45, 7) is 8.12. The molecule has 0 fully saturated rings. The fourth-order valence-corrected chi connectivity index (χ4v) is 3.96. The van der Waals surface area contributed by atoms with E-state index >= 15 is 0 Å². The van der Waals surface area contributed by atoms with Gasteiger partial charge in [0.05, 0.1) is 12.1 Å². The molecule has 1 unspecified atom stereocenters. The Hall–Kier alpha value is -1.98. The van der Waals surface area contributed by atoms with Crippen molar-refractivity contribution >= 4 is 33.3 Å². The van der Waals surface area contributed by atoms with Crippen LogP contribution in [0.1, 0.15) is 46.0 Å². The van der Waals surface area contributed by atoms with Gasteiger partial charge in [0.25, 0.3) is 5.91 Å². The number of hydrogen-bond acceptors (Lipinski definition) is 3. The summed E-state index contributed by atoms with van der Waals surface area (Å²) in [6.07, 6.45) is -0.269. The number of amides is 1. The third kappa shape index (κ3) is 2.89. The zero-order chi connectivity index (χ0) is 19.2. The highest BCUT2D eigenvalue weighted by Crippen LogP contribution is 2.44. The van der Waals surface area contributed by atoms with Gasteiger partial charge in [-0.2, -0.15) is 0 Å². The van der Waals surface area contributed by atoms with Crippen LogP contribution in [0.25, 0.3) is 0 Å². The van der Waals surface area contributed by atoms with Crippen LogP contribution >= 0.6 is 15.9 Å². The van der Waals surface area contributed by atoms with Gasteiger partial charge in [0.2, 0.25) is 0 Å². The van der Waals surface area contributed by atoms with E-state index in [1.54, 1.807) is 12.1 Å². The molecule has 0 saturated heterocycles. The summed E-state index contributed by atoms with van der Waals surface area (Å²) < 4.78 is 0.759. The van der Waals surface area contributed by atoms with Gasteiger partial charge in [-0.1, -0.05) is 22.0 Å². The average Bonchev–Trinajstić information content (AvgIpc) is 2.78. The van der Waals surface area contributed by atoms with E-state index in [9.17, 15) is 14.7 Å². The Morgan fingerprint density at radius 2 is 1.77 bits per heavy atom. The zero-order valence-electron chi connectivity index (χ0n) is 15.4. The van der Waals surface area contributed by atoms with Gasteiger partial charge >= 0.3 is 0 Å². The van der Waals surface area contributed by atoms with Crippen LogP contribution in [0.3, 0.4) is 0 Å². The van der Waals surface area contributed by atoms with E-state index in [-0.39, 0.29) is 12.2 Å². The normalized spacial score (nSPS) is 19.0. The van der Waals surface area contributed by atoms with Crippen LogP contribution in [0.5, 0.6) is 0 Å². The Morgan fingerprint density at radius 1 is 1.12 bits per heavy atom. The summed E-state index contributed by atoms with van der Waals surface area (Å²) in [7, 11) is 0. The van der Waals surface area contributed by atoms with Gasteiger partial charge in [-0.3, -0.25) is 9.59 Å². The summed E-state index contributed by atoms with van der Waals surface area (Å²) in [4.78, 5) is 27.4. The zero-order valence-corrected chi connectivity index (χ0v) is 17.0. The number of benzene rings is 2. The smallest absolute Gasteiger partial charge is 0.264 e. The highest BCUT2D eigenvalue weighted by atomic mass is 79.9. The van der Waals surface area contributed by atoms with E-state index in [0.29, 0.717) is 23.4 Å². The molecule has 0 saturated carbocycles. The second-order valence-electron chi connectivity index (χ2n) is 6.92. The van der Waals surface area contributed by atoms with Crippen LogP contribution in [0.2, 0.25) is 0 Å². The van der Waals surface area contributed by atoms with E-state index in [1.165, 1.54) is 4.90 Å². The lowest BCUT2D eigenvalue weighted by molar-refractivity contribution is -0.135. The van der Waals surface area contributed by atoms with E-state index in [1.807, 2.05) is 45.9 Å². The lowest BCUT2D eigenvalue weighted by Gasteiger charge is -2.22. The van der Waals surface area contributed by atoms with Crippen LogP contribution in [0.15, 0.2) is 34.8 Å². The number of likely N-dealkylation sites (N-methyl/N-ethyl adjacent to an activating group) is 1. The molecule has 26 heavy (non-hydrogen) atoms. The number of fused-ring (bicyclic) bond motifs is 1. The summed E-state index contributed by atoms with van der Waals surface area (Å²) in [5.74, 6) is -0.673. The minimum absolute atomic E-state index is 0.231. The van der Waals surface area contributed by atoms with Crippen molar-refractivity contribution in [3.05, 3.63) is 62.6 Å². The molecule has 2 aromatic rings.